The van der Waals surface area contributed by atoms with Gasteiger partial charge in [-0.15, -0.1) is 0 Å². The van der Waals surface area contributed by atoms with E-state index >= 15 is 0 Å². The molecule has 0 saturated carbocycles. The molecule has 2 aromatic carbocycles. The van der Waals surface area contributed by atoms with Crippen LogP contribution in [0.5, 0.6) is 11.5 Å². The number of rotatable bonds is 5. The van der Waals surface area contributed by atoms with Crippen LogP contribution in [-0.2, 0) is 4.79 Å². The van der Waals surface area contributed by atoms with E-state index in [1.54, 1.807) is 30.3 Å². The second kappa shape index (κ2) is 7.14. The van der Waals surface area contributed by atoms with Crippen LogP contribution in [0, 0.1) is 0 Å². The van der Waals surface area contributed by atoms with Crippen LogP contribution in [0.1, 0.15) is 22.0 Å². The first-order valence-electron chi connectivity index (χ1n) is 7.59. The molecular formula is C18H17NO5. The largest absolute Gasteiger partial charge is 0.486 e. The summed E-state index contributed by atoms with van der Waals surface area (Å²) in [6.45, 7) is 0.553. The number of ketones is 1. The Morgan fingerprint density at radius 2 is 1.75 bits per heavy atom. The minimum Gasteiger partial charge on any atom is -0.486 e. The highest BCUT2D eigenvalue weighted by Gasteiger charge is 2.22. The molecule has 2 N–H and O–H groups in total. The molecule has 0 bridgehead atoms. The van der Waals surface area contributed by atoms with Gasteiger partial charge in [-0.25, -0.2) is 0 Å². The molecule has 3 rings (SSSR count). The third-order valence-corrected chi connectivity index (χ3v) is 3.70. The van der Waals surface area contributed by atoms with Crippen molar-refractivity contribution in [2.24, 2.45) is 0 Å². The number of amides is 1. The fraction of sp³-hybridized carbons (Fsp3) is 0.222. The third kappa shape index (κ3) is 3.38. The molecule has 1 aliphatic heterocycles. The van der Waals surface area contributed by atoms with Gasteiger partial charge in [0.2, 0.25) is 5.78 Å². The molecule has 6 nitrogen and oxygen atoms in total. The lowest BCUT2D eigenvalue weighted by atomic mass is 10.1. The quantitative estimate of drug-likeness (QED) is 0.642. The minimum atomic E-state index is -0.783. The topological polar surface area (TPSA) is 84.9 Å². The van der Waals surface area contributed by atoms with Crippen LogP contribution in [0.4, 0.5) is 0 Å². The highest BCUT2D eigenvalue weighted by molar-refractivity contribution is 6.42. The number of hydrogen-bond donors (Lipinski definition) is 2. The van der Waals surface area contributed by atoms with Crippen LogP contribution in [0.25, 0.3) is 0 Å². The van der Waals surface area contributed by atoms with Gasteiger partial charge in [-0.1, -0.05) is 30.3 Å². The van der Waals surface area contributed by atoms with Crippen LogP contribution in [0.15, 0.2) is 48.5 Å². The Hall–Kier alpha value is -2.86. The van der Waals surface area contributed by atoms with Gasteiger partial charge in [-0.3, -0.25) is 9.59 Å². The van der Waals surface area contributed by atoms with Crippen molar-refractivity contribution in [3.63, 3.8) is 0 Å². The second-order valence-electron chi connectivity index (χ2n) is 5.31. The molecule has 0 spiro atoms. The maximum Gasteiger partial charge on any atom is 0.292 e. The Balaban J connectivity index is 1.73. The van der Waals surface area contributed by atoms with Crippen molar-refractivity contribution in [1.82, 2.24) is 5.32 Å². The summed E-state index contributed by atoms with van der Waals surface area (Å²) in [5.74, 6) is -0.478. The van der Waals surface area contributed by atoms with Crippen molar-refractivity contribution in [1.29, 1.82) is 0 Å². The molecule has 1 aliphatic rings. The summed E-state index contributed by atoms with van der Waals surface area (Å²) < 4.78 is 10.8. The zero-order valence-corrected chi connectivity index (χ0v) is 12.9. The lowest BCUT2D eigenvalue weighted by molar-refractivity contribution is -0.118. The predicted molar refractivity (Wildman–Crippen MR) is 86.2 cm³/mol. The summed E-state index contributed by atoms with van der Waals surface area (Å²) >= 11 is 0. The van der Waals surface area contributed by atoms with Crippen molar-refractivity contribution in [2.45, 2.75) is 6.04 Å². The van der Waals surface area contributed by atoms with Gasteiger partial charge in [0.25, 0.3) is 5.91 Å². The number of ether oxygens (including phenoxy) is 2. The summed E-state index contributed by atoms with van der Waals surface area (Å²) in [6, 6.07) is 13.0. The van der Waals surface area contributed by atoms with Gasteiger partial charge >= 0.3 is 0 Å². The number of aliphatic hydroxyl groups is 1. The summed E-state index contributed by atoms with van der Waals surface area (Å²) in [6.07, 6.45) is 0. The summed E-state index contributed by atoms with van der Waals surface area (Å²) in [5.41, 5.74) is 0.935. The first kappa shape index (κ1) is 16.0. The van der Waals surface area contributed by atoms with Crippen molar-refractivity contribution in [3.8, 4) is 11.5 Å². The molecule has 0 saturated heterocycles. The number of nitrogens with one attached hydrogen (secondary N) is 1. The maximum absolute atomic E-state index is 12.3. The van der Waals surface area contributed by atoms with E-state index in [0.717, 1.165) is 5.56 Å². The summed E-state index contributed by atoms with van der Waals surface area (Å²) in [7, 11) is 0. The molecule has 0 fully saturated rings. The van der Waals surface area contributed by atoms with Crippen molar-refractivity contribution >= 4 is 11.7 Å². The first-order chi connectivity index (χ1) is 11.7. The fourth-order valence-electron chi connectivity index (χ4n) is 2.46. The van der Waals surface area contributed by atoms with E-state index in [-0.39, 0.29) is 12.2 Å². The normalized spacial score (nSPS) is 13.9. The number of aliphatic hydroxyl groups excluding tert-OH is 1. The van der Waals surface area contributed by atoms with Gasteiger partial charge in [-0.2, -0.15) is 0 Å². The molecule has 1 amide bonds. The maximum atomic E-state index is 12.3. The molecule has 0 unspecified atom stereocenters. The monoisotopic (exact) mass is 327 g/mol. The van der Waals surface area contributed by atoms with E-state index in [4.69, 9.17) is 9.47 Å². The fourth-order valence-corrected chi connectivity index (χ4v) is 2.46. The van der Waals surface area contributed by atoms with Crippen LogP contribution in [-0.4, -0.2) is 36.6 Å². The van der Waals surface area contributed by atoms with Gasteiger partial charge < -0.3 is 19.9 Å². The molecule has 6 heteroatoms. The van der Waals surface area contributed by atoms with Crippen LogP contribution in [0.2, 0.25) is 0 Å². The highest BCUT2D eigenvalue weighted by Crippen LogP contribution is 2.30. The Morgan fingerprint density at radius 1 is 1.04 bits per heavy atom. The number of carbonyl (C=O) groups excluding carboxylic acids is 2. The minimum absolute atomic E-state index is 0.210. The Bertz CT molecular complexity index is 744. The van der Waals surface area contributed by atoms with E-state index in [9.17, 15) is 14.7 Å². The first-order valence-corrected chi connectivity index (χ1v) is 7.59. The lowest BCUT2D eigenvalue weighted by Gasteiger charge is -2.19. The Kier molecular flexibility index (Phi) is 4.77. The van der Waals surface area contributed by atoms with Crippen molar-refractivity contribution < 1.29 is 24.2 Å². The molecule has 0 aromatic heterocycles. The van der Waals surface area contributed by atoms with E-state index in [1.165, 1.54) is 12.1 Å². The van der Waals surface area contributed by atoms with Gasteiger partial charge in [0, 0.05) is 5.56 Å². The Morgan fingerprint density at radius 3 is 2.46 bits per heavy atom. The average molecular weight is 327 g/mol. The zero-order chi connectivity index (χ0) is 16.9. The van der Waals surface area contributed by atoms with Crippen molar-refractivity contribution in [2.75, 3.05) is 19.8 Å². The van der Waals surface area contributed by atoms with Crippen molar-refractivity contribution in [3.05, 3.63) is 59.7 Å². The van der Waals surface area contributed by atoms with E-state index < -0.39 is 17.7 Å². The molecule has 1 atom stereocenters. The average Bonchev–Trinajstić information content (AvgIpc) is 2.65. The van der Waals surface area contributed by atoms with Crippen LogP contribution in [0.3, 0.4) is 0 Å². The lowest BCUT2D eigenvalue weighted by Crippen LogP contribution is -2.36. The predicted octanol–water partition coefficient (Wildman–Crippen LogP) is 1.49. The standard InChI is InChI=1S/C18H17NO5/c20-11-14(12-4-2-1-3-5-12)19-18(22)17(21)13-6-7-15-16(10-13)24-9-8-23-15/h1-7,10,14,20H,8-9,11H2,(H,19,22)/t14-/m1/s1. The summed E-state index contributed by atoms with van der Waals surface area (Å²) in [5, 5.41) is 12.0. The third-order valence-electron chi connectivity index (χ3n) is 3.70. The van der Waals surface area contributed by atoms with Gasteiger partial charge in [-0.05, 0) is 23.8 Å². The summed E-state index contributed by atoms with van der Waals surface area (Å²) in [4.78, 5) is 24.5. The molecule has 24 heavy (non-hydrogen) atoms. The van der Waals surface area contributed by atoms with Gasteiger partial charge in [0.15, 0.2) is 11.5 Å². The number of benzene rings is 2. The number of carbonyl (C=O) groups is 2. The van der Waals surface area contributed by atoms with E-state index in [2.05, 4.69) is 5.32 Å². The van der Waals surface area contributed by atoms with Crippen LogP contribution < -0.4 is 14.8 Å². The van der Waals surface area contributed by atoms with Gasteiger partial charge in [0.05, 0.1) is 12.6 Å². The smallest absolute Gasteiger partial charge is 0.292 e. The van der Waals surface area contributed by atoms with Crippen LogP contribution >= 0.6 is 0 Å². The molecule has 1 heterocycles. The molecule has 2 aromatic rings. The number of Topliss-reactive ketones (excluding diaryl/α,β-unsaturated/α-hetero) is 1. The zero-order valence-electron chi connectivity index (χ0n) is 12.9. The van der Waals surface area contributed by atoms with Gasteiger partial charge in [0.1, 0.15) is 13.2 Å². The number of hydrogen-bond acceptors (Lipinski definition) is 5. The molecular weight excluding hydrogens is 310 g/mol. The highest BCUT2D eigenvalue weighted by atomic mass is 16.6. The van der Waals surface area contributed by atoms with E-state index in [0.29, 0.717) is 24.7 Å². The Labute approximate surface area is 139 Å². The second-order valence-corrected chi connectivity index (χ2v) is 5.31. The molecule has 124 valence electrons. The number of fused-ring (bicyclic) bond motifs is 1. The molecule has 0 aliphatic carbocycles. The SMILES string of the molecule is O=C(N[C@H](CO)c1ccccc1)C(=O)c1ccc2c(c1)OCCO2. The molecule has 0 radical (unpaired) electrons. The van der Waals surface area contributed by atoms with E-state index in [1.807, 2.05) is 6.07 Å².